The lowest BCUT2D eigenvalue weighted by molar-refractivity contribution is -0.125. The summed E-state index contributed by atoms with van der Waals surface area (Å²) in [5.41, 5.74) is 1.76. The predicted molar refractivity (Wildman–Crippen MR) is 119 cm³/mol. The average Bonchev–Trinajstić information content (AvgIpc) is 3.19. The molecule has 0 radical (unpaired) electrons. The number of nitrogens with zero attached hydrogens (tertiary/aromatic N) is 1. The molecule has 0 aromatic heterocycles. The second kappa shape index (κ2) is 9.79. The van der Waals surface area contributed by atoms with Crippen LogP contribution >= 0.6 is 0 Å². The zero-order chi connectivity index (χ0) is 20.8. The van der Waals surface area contributed by atoms with Crippen LogP contribution in [0.2, 0.25) is 0 Å². The molecule has 1 aliphatic heterocycles. The Hall–Kier alpha value is -2.82. The van der Waals surface area contributed by atoms with Crippen LogP contribution < -0.4 is 10.6 Å². The lowest BCUT2D eigenvalue weighted by Gasteiger charge is -2.33. The van der Waals surface area contributed by atoms with Crippen LogP contribution in [0, 0.1) is 5.92 Å². The number of likely N-dealkylation sites (tertiary alicyclic amines) is 1. The lowest BCUT2D eigenvalue weighted by Crippen LogP contribution is -2.49. The van der Waals surface area contributed by atoms with Gasteiger partial charge >= 0.3 is 0 Å². The molecule has 158 valence electrons. The summed E-state index contributed by atoms with van der Waals surface area (Å²) in [4.78, 5) is 28.2. The summed E-state index contributed by atoms with van der Waals surface area (Å²) >= 11 is 0. The molecule has 5 nitrogen and oxygen atoms in total. The molecule has 3 unspecified atom stereocenters. The number of amides is 2. The first kappa shape index (κ1) is 20.5. The number of nitrogens with one attached hydrogen (secondary N) is 2. The van der Waals surface area contributed by atoms with Gasteiger partial charge in [-0.15, -0.1) is 0 Å². The Morgan fingerprint density at radius 2 is 1.60 bits per heavy atom. The van der Waals surface area contributed by atoms with Crippen LogP contribution in [-0.2, 0) is 4.79 Å². The lowest BCUT2D eigenvalue weighted by atomic mass is 9.84. The minimum Gasteiger partial charge on any atom is -0.385 e. The Kier molecular flexibility index (Phi) is 6.67. The minimum absolute atomic E-state index is 0.00380. The third kappa shape index (κ3) is 4.66. The Labute approximate surface area is 178 Å². The monoisotopic (exact) mass is 405 g/mol. The number of hydrogen-bond donors (Lipinski definition) is 2. The Morgan fingerprint density at radius 1 is 0.900 bits per heavy atom. The van der Waals surface area contributed by atoms with Gasteiger partial charge in [0.05, 0.1) is 0 Å². The van der Waals surface area contributed by atoms with Gasteiger partial charge in [-0.1, -0.05) is 49.2 Å². The molecule has 2 aromatic rings. The van der Waals surface area contributed by atoms with Gasteiger partial charge in [0.25, 0.3) is 5.91 Å². The van der Waals surface area contributed by atoms with Gasteiger partial charge in [-0.25, -0.2) is 0 Å². The van der Waals surface area contributed by atoms with Gasteiger partial charge in [-0.05, 0) is 55.9 Å². The van der Waals surface area contributed by atoms with Crippen molar-refractivity contribution >= 4 is 17.5 Å². The number of hydrogen-bond acceptors (Lipinski definition) is 3. The van der Waals surface area contributed by atoms with Crippen LogP contribution in [0.15, 0.2) is 60.7 Å². The Balaban J connectivity index is 1.35. The van der Waals surface area contributed by atoms with Crippen molar-refractivity contribution in [2.75, 3.05) is 18.4 Å². The Morgan fingerprint density at radius 3 is 2.37 bits per heavy atom. The van der Waals surface area contributed by atoms with E-state index in [2.05, 4.69) is 10.6 Å². The molecule has 2 aromatic carbocycles. The van der Waals surface area contributed by atoms with Crippen LogP contribution in [0.25, 0.3) is 0 Å². The molecular weight excluding hydrogens is 374 g/mol. The molecule has 1 saturated carbocycles. The van der Waals surface area contributed by atoms with Gasteiger partial charge in [0.15, 0.2) is 0 Å². The summed E-state index contributed by atoms with van der Waals surface area (Å²) in [6.45, 7) is 1.41. The highest BCUT2D eigenvalue weighted by molar-refractivity contribution is 5.98. The van der Waals surface area contributed by atoms with E-state index in [0.29, 0.717) is 18.0 Å². The van der Waals surface area contributed by atoms with E-state index in [4.69, 9.17) is 0 Å². The van der Waals surface area contributed by atoms with Crippen molar-refractivity contribution in [1.29, 1.82) is 0 Å². The molecular formula is C25H31N3O2. The van der Waals surface area contributed by atoms with Crippen LogP contribution in [0.3, 0.4) is 0 Å². The SMILES string of the molecule is O=C(NCCCNc1ccccc1)C1CC2CCCCC2N1C(=O)c1ccccc1. The van der Waals surface area contributed by atoms with E-state index < -0.39 is 0 Å². The quantitative estimate of drug-likeness (QED) is 0.683. The van der Waals surface area contributed by atoms with Crippen molar-refractivity contribution in [2.24, 2.45) is 5.92 Å². The number of para-hydroxylation sites is 1. The highest BCUT2D eigenvalue weighted by atomic mass is 16.2. The number of benzene rings is 2. The van der Waals surface area contributed by atoms with Crippen molar-refractivity contribution in [2.45, 2.75) is 50.6 Å². The van der Waals surface area contributed by atoms with Crippen molar-refractivity contribution < 1.29 is 9.59 Å². The van der Waals surface area contributed by atoms with E-state index in [-0.39, 0.29) is 23.9 Å². The summed E-state index contributed by atoms with van der Waals surface area (Å²) < 4.78 is 0. The Bertz CT molecular complexity index is 840. The second-order valence-electron chi connectivity index (χ2n) is 8.38. The van der Waals surface area contributed by atoms with Crippen LogP contribution in [0.5, 0.6) is 0 Å². The van der Waals surface area contributed by atoms with Crippen molar-refractivity contribution in [3.05, 3.63) is 66.2 Å². The first-order valence-corrected chi connectivity index (χ1v) is 11.2. The fourth-order valence-corrected chi connectivity index (χ4v) is 4.92. The summed E-state index contributed by atoms with van der Waals surface area (Å²) in [5, 5.41) is 6.45. The van der Waals surface area contributed by atoms with Gasteiger partial charge in [0.2, 0.25) is 5.91 Å². The van der Waals surface area contributed by atoms with Gasteiger partial charge in [-0.2, -0.15) is 0 Å². The van der Waals surface area contributed by atoms with Gasteiger partial charge < -0.3 is 15.5 Å². The van der Waals surface area contributed by atoms with Crippen molar-refractivity contribution in [1.82, 2.24) is 10.2 Å². The van der Waals surface area contributed by atoms with Crippen molar-refractivity contribution in [3.63, 3.8) is 0 Å². The van der Waals surface area contributed by atoms with E-state index >= 15 is 0 Å². The summed E-state index contributed by atoms with van der Waals surface area (Å²) in [6.07, 6.45) is 6.10. The molecule has 1 heterocycles. The molecule has 2 amide bonds. The number of anilines is 1. The van der Waals surface area contributed by atoms with Gasteiger partial charge in [-0.3, -0.25) is 9.59 Å². The fourth-order valence-electron chi connectivity index (χ4n) is 4.92. The van der Waals surface area contributed by atoms with Crippen LogP contribution in [-0.4, -0.2) is 41.9 Å². The maximum absolute atomic E-state index is 13.3. The van der Waals surface area contributed by atoms with Crippen LogP contribution in [0.4, 0.5) is 5.69 Å². The highest BCUT2D eigenvalue weighted by Crippen LogP contribution is 2.40. The molecule has 2 N–H and O–H groups in total. The van der Waals surface area contributed by atoms with Gasteiger partial charge in [0.1, 0.15) is 6.04 Å². The standard InChI is InChI=1S/C25H31N3O2/c29-24(27-17-9-16-26-21-13-5-2-6-14-21)23-18-20-12-7-8-15-22(20)28(23)25(30)19-10-3-1-4-11-19/h1-6,10-11,13-14,20,22-23,26H,7-9,12,15-18H2,(H,27,29). The first-order valence-electron chi connectivity index (χ1n) is 11.2. The molecule has 1 saturated heterocycles. The average molecular weight is 406 g/mol. The predicted octanol–water partition coefficient (Wildman–Crippen LogP) is 4.08. The van der Waals surface area contributed by atoms with E-state index in [9.17, 15) is 9.59 Å². The summed E-state index contributed by atoms with van der Waals surface area (Å²) in [6, 6.07) is 19.3. The number of carbonyl (C=O) groups excluding carboxylic acids is 2. The molecule has 2 aliphatic rings. The summed E-state index contributed by atoms with van der Waals surface area (Å²) in [5.74, 6) is 0.436. The van der Waals surface area contributed by atoms with Gasteiger partial charge in [0, 0.05) is 30.4 Å². The molecule has 3 atom stereocenters. The topological polar surface area (TPSA) is 61.4 Å². The third-order valence-corrected chi connectivity index (χ3v) is 6.40. The molecule has 30 heavy (non-hydrogen) atoms. The first-order chi connectivity index (χ1) is 14.7. The minimum atomic E-state index is -0.354. The normalized spacial score (nSPS) is 22.9. The largest absolute Gasteiger partial charge is 0.385 e. The molecule has 4 rings (SSSR count). The van der Waals surface area contributed by atoms with E-state index in [1.54, 1.807) is 0 Å². The smallest absolute Gasteiger partial charge is 0.254 e. The zero-order valence-corrected chi connectivity index (χ0v) is 17.4. The molecule has 0 spiro atoms. The highest BCUT2D eigenvalue weighted by Gasteiger charge is 2.47. The molecule has 0 bridgehead atoms. The van der Waals surface area contributed by atoms with E-state index in [1.165, 1.54) is 6.42 Å². The van der Waals surface area contributed by atoms with E-state index in [1.807, 2.05) is 65.6 Å². The fraction of sp³-hybridized carbons (Fsp3) is 0.440. The molecule has 2 fully saturated rings. The maximum Gasteiger partial charge on any atom is 0.254 e. The zero-order valence-electron chi connectivity index (χ0n) is 17.4. The third-order valence-electron chi connectivity index (χ3n) is 6.40. The second-order valence-corrected chi connectivity index (χ2v) is 8.38. The number of fused-ring (bicyclic) bond motifs is 1. The molecule has 5 heteroatoms. The maximum atomic E-state index is 13.3. The molecule has 1 aliphatic carbocycles. The van der Waals surface area contributed by atoms with Crippen LogP contribution in [0.1, 0.15) is 48.9 Å². The number of carbonyl (C=O) groups is 2. The van der Waals surface area contributed by atoms with E-state index in [0.717, 1.165) is 44.3 Å². The summed E-state index contributed by atoms with van der Waals surface area (Å²) in [7, 11) is 0. The van der Waals surface area contributed by atoms with Crippen molar-refractivity contribution in [3.8, 4) is 0 Å². The number of rotatable bonds is 7.